The minimum atomic E-state index is -0.698. The van der Waals surface area contributed by atoms with Crippen LogP contribution in [0.3, 0.4) is 0 Å². The molecule has 0 radical (unpaired) electrons. The number of aromatic hydroxyl groups is 1. The molecule has 1 aromatic rings. The first kappa shape index (κ1) is 14.7. The van der Waals surface area contributed by atoms with E-state index >= 15 is 0 Å². The number of carboxylic acids is 1. The Bertz CT molecular complexity index is 514. The Morgan fingerprint density at radius 1 is 1.29 bits per heavy atom. The average Bonchev–Trinajstić information content (AvgIpc) is 2.64. The zero-order valence-electron chi connectivity index (χ0n) is 11.8. The average molecular weight is 310 g/mol. The number of piperidine rings is 1. The Morgan fingerprint density at radius 2 is 1.95 bits per heavy atom. The monoisotopic (exact) mass is 309 g/mol. The minimum absolute atomic E-state index is 0.245. The number of carbonyl (C=O) groups is 1. The summed E-state index contributed by atoms with van der Waals surface area (Å²) in [5.74, 6) is -0.165. The Kier molecular flexibility index (Phi) is 4.09. The van der Waals surface area contributed by atoms with Crippen molar-refractivity contribution < 1.29 is 15.0 Å². The van der Waals surface area contributed by atoms with E-state index in [1.54, 1.807) is 18.2 Å². The maximum atomic E-state index is 10.9. The number of rotatable bonds is 4. The molecule has 2 bridgehead atoms. The van der Waals surface area contributed by atoms with E-state index in [1.165, 1.54) is 0 Å². The molecule has 4 nitrogen and oxygen atoms in total. The van der Waals surface area contributed by atoms with Gasteiger partial charge in [-0.25, -0.2) is 0 Å². The third kappa shape index (κ3) is 3.01. The molecule has 2 heterocycles. The summed E-state index contributed by atoms with van der Waals surface area (Å²) in [6.45, 7) is 0.653. The lowest BCUT2D eigenvalue weighted by molar-refractivity contribution is -0.138. The van der Waals surface area contributed by atoms with Crippen molar-refractivity contribution in [2.75, 3.05) is 0 Å². The number of phenols is 1. The summed E-state index contributed by atoms with van der Waals surface area (Å²) in [5.41, 5.74) is 0.785. The molecule has 2 atom stereocenters. The van der Waals surface area contributed by atoms with E-state index in [-0.39, 0.29) is 18.1 Å². The molecule has 0 saturated carbocycles. The Morgan fingerprint density at radius 3 is 2.52 bits per heavy atom. The molecule has 0 amide bonds. The van der Waals surface area contributed by atoms with Crippen LogP contribution in [0.5, 0.6) is 5.75 Å². The van der Waals surface area contributed by atoms with E-state index < -0.39 is 5.97 Å². The molecule has 3 rings (SSSR count). The van der Waals surface area contributed by atoms with Crippen molar-refractivity contribution in [2.24, 2.45) is 5.92 Å². The van der Waals surface area contributed by atoms with Crippen molar-refractivity contribution in [3.8, 4) is 5.75 Å². The van der Waals surface area contributed by atoms with Crippen molar-refractivity contribution in [1.29, 1.82) is 0 Å². The van der Waals surface area contributed by atoms with Crippen LogP contribution in [-0.4, -0.2) is 33.2 Å². The maximum absolute atomic E-state index is 10.9. The topological polar surface area (TPSA) is 60.8 Å². The predicted octanol–water partition coefficient (Wildman–Crippen LogP) is 3.26. The first-order valence-corrected chi connectivity index (χ1v) is 7.86. The third-order valence-electron chi connectivity index (χ3n) is 4.88. The highest BCUT2D eigenvalue weighted by Crippen LogP contribution is 2.42. The van der Waals surface area contributed by atoms with Gasteiger partial charge in [0.1, 0.15) is 5.75 Å². The molecule has 0 aliphatic carbocycles. The van der Waals surface area contributed by atoms with Gasteiger partial charge in [0.15, 0.2) is 0 Å². The van der Waals surface area contributed by atoms with Gasteiger partial charge in [0, 0.05) is 35.6 Å². The number of hydrogen-bond donors (Lipinski definition) is 2. The van der Waals surface area contributed by atoms with Crippen molar-refractivity contribution in [3.05, 3.63) is 28.8 Å². The highest BCUT2D eigenvalue weighted by Gasteiger charge is 2.41. The smallest absolute Gasteiger partial charge is 0.303 e. The van der Waals surface area contributed by atoms with E-state index in [0.717, 1.165) is 31.2 Å². The Hall–Kier alpha value is -1.26. The number of phenolic OH excluding ortho intramolecular Hbond substituents is 1. The summed E-state index contributed by atoms with van der Waals surface area (Å²) in [7, 11) is 0. The second-order valence-corrected chi connectivity index (χ2v) is 6.64. The van der Waals surface area contributed by atoms with Gasteiger partial charge in [-0.3, -0.25) is 9.69 Å². The number of benzene rings is 1. The van der Waals surface area contributed by atoms with Crippen LogP contribution < -0.4 is 0 Å². The van der Waals surface area contributed by atoms with E-state index in [0.29, 0.717) is 23.7 Å². The molecule has 0 aromatic heterocycles. The van der Waals surface area contributed by atoms with Crippen molar-refractivity contribution in [2.45, 2.75) is 50.7 Å². The standard InChI is InChI=1S/C16H20ClNO3/c17-14-2-1-3-15(19)13(14)9-18-11-4-5-12(18)7-10(6-11)8-16(20)21/h1-3,10-12,19H,4-9H2,(H,20,21). The summed E-state index contributed by atoms with van der Waals surface area (Å²) in [4.78, 5) is 13.3. The molecule has 0 spiro atoms. The lowest BCUT2D eigenvalue weighted by atomic mass is 9.88. The van der Waals surface area contributed by atoms with Gasteiger partial charge in [-0.05, 0) is 43.7 Å². The molecular formula is C16H20ClNO3. The van der Waals surface area contributed by atoms with Gasteiger partial charge in [0.2, 0.25) is 0 Å². The third-order valence-corrected chi connectivity index (χ3v) is 5.23. The fourth-order valence-electron chi connectivity index (χ4n) is 3.95. The van der Waals surface area contributed by atoms with Crippen molar-refractivity contribution in [1.82, 2.24) is 4.90 Å². The summed E-state index contributed by atoms with van der Waals surface area (Å²) < 4.78 is 0. The van der Waals surface area contributed by atoms with Crippen LogP contribution in [-0.2, 0) is 11.3 Å². The molecule has 2 aliphatic heterocycles. The van der Waals surface area contributed by atoms with Gasteiger partial charge in [-0.2, -0.15) is 0 Å². The van der Waals surface area contributed by atoms with Crippen LogP contribution in [0.25, 0.3) is 0 Å². The van der Waals surface area contributed by atoms with Gasteiger partial charge in [-0.15, -0.1) is 0 Å². The zero-order chi connectivity index (χ0) is 15.0. The van der Waals surface area contributed by atoms with Gasteiger partial charge in [0.05, 0.1) is 0 Å². The van der Waals surface area contributed by atoms with Crippen LogP contribution in [0.4, 0.5) is 0 Å². The second kappa shape index (κ2) is 5.85. The SMILES string of the molecule is O=C(O)CC1CC2CCC(C1)N2Cc1c(O)cccc1Cl. The van der Waals surface area contributed by atoms with Crippen molar-refractivity contribution in [3.63, 3.8) is 0 Å². The minimum Gasteiger partial charge on any atom is -0.508 e. The highest BCUT2D eigenvalue weighted by atomic mass is 35.5. The normalized spacial score (nSPS) is 28.7. The number of nitrogens with zero attached hydrogens (tertiary/aromatic N) is 1. The number of hydrogen-bond acceptors (Lipinski definition) is 3. The number of carboxylic acid groups (broad SMARTS) is 1. The number of aliphatic carboxylic acids is 1. The largest absolute Gasteiger partial charge is 0.508 e. The van der Waals surface area contributed by atoms with Gasteiger partial charge in [0.25, 0.3) is 0 Å². The molecule has 2 aliphatic rings. The van der Waals surface area contributed by atoms with E-state index in [4.69, 9.17) is 16.7 Å². The molecule has 114 valence electrons. The van der Waals surface area contributed by atoms with E-state index in [2.05, 4.69) is 4.90 Å². The lowest BCUT2D eigenvalue weighted by Gasteiger charge is -2.38. The van der Waals surface area contributed by atoms with Crippen molar-refractivity contribution >= 4 is 17.6 Å². The summed E-state index contributed by atoms with van der Waals surface area (Å²) in [6, 6.07) is 6.05. The Labute approximate surface area is 129 Å². The van der Waals surface area contributed by atoms with Crippen LogP contribution in [0.15, 0.2) is 18.2 Å². The highest BCUT2D eigenvalue weighted by molar-refractivity contribution is 6.31. The zero-order valence-corrected chi connectivity index (χ0v) is 12.6. The molecule has 2 N–H and O–H groups in total. The molecule has 5 heteroatoms. The fraction of sp³-hybridized carbons (Fsp3) is 0.562. The first-order valence-electron chi connectivity index (χ1n) is 7.48. The summed E-state index contributed by atoms with van der Waals surface area (Å²) in [6.07, 6.45) is 4.39. The molecule has 2 fully saturated rings. The van der Waals surface area contributed by atoms with Crippen LogP contribution in [0.2, 0.25) is 5.02 Å². The molecular weight excluding hydrogens is 290 g/mol. The second-order valence-electron chi connectivity index (χ2n) is 6.23. The molecule has 2 unspecified atom stereocenters. The first-order chi connectivity index (χ1) is 10.0. The van der Waals surface area contributed by atoms with E-state index in [1.807, 2.05) is 0 Å². The summed E-state index contributed by atoms with van der Waals surface area (Å²) in [5, 5.41) is 19.6. The maximum Gasteiger partial charge on any atom is 0.303 e. The summed E-state index contributed by atoms with van der Waals surface area (Å²) >= 11 is 6.20. The lowest BCUT2D eigenvalue weighted by Crippen LogP contribution is -2.42. The van der Waals surface area contributed by atoms with E-state index in [9.17, 15) is 9.90 Å². The molecule has 21 heavy (non-hydrogen) atoms. The Balaban J connectivity index is 1.72. The fourth-order valence-corrected chi connectivity index (χ4v) is 4.17. The van der Waals surface area contributed by atoms with Gasteiger partial charge >= 0.3 is 5.97 Å². The quantitative estimate of drug-likeness (QED) is 0.896. The van der Waals surface area contributed by atoms with Crippen LogP contribution in [0, 0.1) is 5.92 Å². The predicted molar refractivity (Wildman–Crippen MR) is 80.4 cm³/mol. The van der Waals surface area contributed by atoms with Crippen LogP contribution in [0.1, 0.15) is 37.7 Å². The molecule has 2 saturated heterocycles. The van der Waals surface area contributed by atoms with Gasteiger partial charge < -0.3 is 10.2 Å². The number of halogens is 1. The van der Waals surface area contributed by atoms with Gasteiger partial charge in [-0.1, -0.05) is 17.7 Å². The van der Waals surface area contributed by atoms with Crippen LogP contribution >= 0.6 is 11.6 Å². The number of fused-ring (bicyclic) bond motifs is 2. The molecule has 1 aromatic carbocycles.